The Hall–Kier alpha value is -1.99. The Kier molecular flexibility index (Phi) is 5.24. The first-order valence-electron chi connectivity index (χ1n) is 6.91. The maximum absolute atomic E-state index is 12.0. The molecule has 1 atom stereocenters. The lowest BCUT2D eigenvalue weighted by molar-refractivity contribution is -0.145. The zero-order chi connectivity index (χ0) is 15.2. The smallest absolute Gasteiger partial charge is 0.321 e. The normalized spacial score (nSPS) is 18.1. The number of rotatable bonds is 5. The molecular weight excluding hydrogens is 272 g/mol. The van der Waals surface area contributed by atoms with Gasteiger partial charge in [-0.15, -0.1) is 0 Å². The lowest BCUT2D eigenvalue weighted by atomic mass is 10.1. The van der Waals surface area contributed by atoms with Crippen molar-refractivity contribution in [2.75, 3.05) is 38.5 Å². The second kappa shape index (κ2) is 7.14. The van der Waals surface area contributed by atoms with Crippen molar-refractivity contribution in [2.45, 2.75) is 12.5 Å². The molecule has 2 heterocycles. The van der Waals surface area contributed by atoms with E-state index in [1.807, 2.05) is 11.9 Å². The fraction of sp³-hybridized carbons (Fsp3) is 0.500. The van der Waals surface area contributed by atoms with Gasteiger partial charge in [0, 0.05) is 32.4 Å². The number of carbonyl (C=O) groups is 2. The summed E-state index contributed by atoms with van der Waals surface area (Å²) in [6.45, 7) is 2.95. The Balaban J connectivity index is 1.93. The summed E-state index contributed by atoms with van der Waals surface area (Å²) in [5.41, 5.74) is 0.574. The largest absolute Gasteiger partial charge is 0.480 e. The second-order valence-corrected chi connectivity index (χ2v) is 5.19. The highest BCUT2D eigenvalue weighted by molar-refractivity contribution is 5.93. The number of hydrogen-bond donors (Lipinski definition) is 2. The number of carboxylic acids is 1. The van der Waals surface area contributed by atoms with Crippen LogP contribution in [0.25, 0.3) is 0 Å². The van der Waals surface area contributed by atoms with Gasteiger partial charge in [-0.1, -0.05) is 0 Å². The summed E-state index contributed by atoms with van der Waals surface area (Å²) in [5.74, 6) is -1.27. The number of piperazine rings is 1. The van der Waals surface area contributed by atoms with Crippen LogP contribution in [0.4, 0.5) is 5.69 Å². The van der Waals surface area contributed by atoms with Crippen molar-refractivity contribution in [3.8, 4) is 0 Å². The number of nitrogens with zero attached hydrogens (tertiary/aromatic N) is 3. The molecule has 2 rings (SSSR count). The maximum Gasteiger partial charge on any atom is 0.321 e. The maximum atomic E-state index is 12.0. The predicted octanol–water partition coefficient (Wildman–Crippen LogP) is 0.111. The molecule has 114 valence electrons. The summed E-state index contributed by atoms with van der Waals surface area (Å²) in [6.07, 6.45) is 3.08. The molecule has 1 aliphatic heterocycles. The first-order chi connectivity index (χ1) is 10.1. The summed E-state index contributed by atoms with van der Waals surface area (Å²) >= 11 is 0. The van der Waals surface area contributed by atoms with Gasteiger partial charge in [-0.05, 0) is 19.2 Å². The van der Waals surface area contributed by atoms with Crippen LogP contribution in [-0.4, -0.2) is 71.0 Å². The molecule has 1 aromatic rings. The number of carboxylic acid groups (broad SMARTS) is 1. The summed E-state index contributed by atoms with van der Waals surface area (Å²) in [5, 5.41) is 12.0. The van der Waals surface area contributed by atoms with E-state index in [1.54, 1.807) is 18.3 Å². The molecular formula is C14H20N4O3. The number of anilines is 1. The number of amides is 1. The van der Waals surface area contributed by atoms with Crippen molar-refractivity contribution in [1.82, 2.24) is 14.8 Å². The van der Waals surface area contributed by atoms with Crippen molar-refractivity contribution >= 4 is 17.6 Å². The number of hydrogen-bond acceptors (Lipinski definition) is 5. The summed E-state index contributed by atoms with van der Waals surface area (Å²) in [4.78, 5) is 31.3. The monoisotopic (exact) mass is 292 g/mol. The van der Waals surface area contributed by atoms with Crippen LogP contribution in [0, 0.1) is 0 Å². The molecule has 1 fully saturated rings. The van der Waals surface area contributed by atoms with Gasteiger partial charge >= 0.3 is 5.97 Å². The van der Waals surface area contributed by atoms with Crippen LogP contribution in [0.2, 0.25) is 0 Å². The van der Waals surface area contributed by atoms with Gasteiger partial charge in [0.25, 0.3) is 0 Å². The highest BCUT2D eigenvalue weighted by Crippen LogP contribution is 2.11. The Bertz CT molecular complexity index is 486. The first kappa shape index (κ1) is 15.4. The van der Waals surface area contributed by atoms with Crippen LogP contribution >= 0.6 is 0 Å². The van der Waals surface area contributed by atoms with Gasteiger partial charge < -0.3 is 15.3 Å². The average molecular weight is 292 g/mol. The van der Waals surface area contributed by atoms with Crippen molar-refractivity contribution < 1.29 is 14.7 Å². The van der Waals surface area contributed by atoms with Gasteiger partial charge in [0.15, 0.2) is 0 Å². The predicted molar refractivity (Wildman–Crippen MR) is 78.0 cm³/mol. The number of carbonyl (C=O) groups excluding carboxylic acids is 1. The summed E-state index contributed by atoms with van der Waals surface area (Å²) in [7, 11) is 2.00. The highest BCUT2D eigenvalue weighted by Gasteiger charge is 2.30. The lowest BCUT2D eigenvalue weighted by Gasteiger charge is -2.35. The molecule has 0 bridgehead atoms. The number of likely N-dealkylation sites (N-methyl/N-ethyl adjacent to an activating group) is 1. The quantitative estimate of drug-likeness (QED) is 0.801. The van der Waals surface area contributed by atoms with Crippen LogP contribution in [-0.2, 0) is 9.59 Å². The van der Waals surface area contributed by atoms with Gasteiger partial charge in [-0.3, -0.25) is 19.5 Å². The molecule has 0 aliphatic carbocycles. The molecule has 7 nitrogen and oxygen atoms in total. The fourth-order valence-electron chi connectivity index (χ4n) is 2.33. The lowest BCUT2D eigenvalue weighted by Crippen LogP contribution is -2.52. The molecule has 0 spiro atoms. The van der Waals surface area contributed by atoms with E-state index >= 15 is 0 Å². The molecule has 0 saturated carbocycles. The molecule has 7 heteroatoms. The second-order valence-electron chi connectivity index (χ2n) is 5.19. The van der Waals surface area contributed by atoms with Gasteiger partial charge in [0.2, 0.25) is 5.91 Å². The summed E-state index contributed by atoms with van der Waals surface area (Å²) in [6, 6.07) is 2.65. The number of nitrogens with one attached hydrogen (secondary N) is 1. The van der Waals surface area contributed by atoms with Crippen LogP contribution < -0.4 is 5.32 Å². The van der Waals surface area contributed by atoms with Crippen molar-refractivity contribution in [3.05, 3.63) is 24.5 Å². The minimum Gasteiger partial charge on any atom is -0.480 e. The van der Waals surface area contributed by atoms with Gasteiger partial charge in [0.1, 0.15) is 6.04 Å². The molecule has 1 aromatic heterocycles. The fourth-order valence-corrected chi connectivity index (χ4v) is 2.33. The third-order valence-corrected chi connectivity index (χ3v) is 3.59. The number of aromatic nitrogens is 1. The molecule has 0 aromatic carbocycles. The van der Waals surface area contributed by atoms with Gasteiger partial charge in [0.05, 0.1) is 18.3 Å². The van der Waals surface area contributed by atoms with Crippen molar-refractivity contribution in [2.24, 2.45) is 0 Å². The van der Waals surface area contributed by atoms with Gasteiger partial charge in [-0.25, -0.2) is 0 Å². The third-order valence-electron chi connectivity index (χ3n) is 3.59. The van der Waals surface area contributed by atoms with Gasteiger partial charge in [-0.2, -0.15) is 0 Å². The van der Waals surface area contributed by atoms with E-state index in [-0.39, 0.29) is 12.3 Å². The molecule has 0 radical (unpaired) electrons. The number of pyridine rings is 1. The van der Waals surface area contributed by atoms with E-state index in [0.29, 0.717) is 18.8 Å². The molecule has 2 N–H and O–H groups in total. The average Bonchev–Trinajstić information content (AvgIpc) is 2.47. The van der Waals surface area contributed by atoms with E-state index in [0.717, 1.165) is 13.1 Å². The zero-order valence-electron chi connectivity index (χ0n) is 12.0. The first-order valence-corrected chi connectivity index (χ1v) is 6.91. The van der Waals surface area contributed by atoms with E-state index in [1.165, 1.54) is 6.20 Å². The van der Waals surface area contributed by atoms with E-state index in [4.69, 9.17) is 0 Å². The Morgan fingerprint density at radius 2 is 2.10 bits per heavy atom. The zero-order valence-corrected chi connectivity index (χ0v) is 12.0. The topological polar surface area (TPSA) is 85.8 Å². The van der Waals surface area contributed by atoms with Crippen molar-refractivity contribution in [1.29, 1.82) is 0 Å². The van der Waals surface area contributed by atoms with Crippen LogP contribution in [0.5, 0.6) is 0 Å². The van der Waals surface area contributed by atoms with Crippen LogP contribution in [0.15, 0.2) is 24.5 Å². The van der Waals surface area contributed by atoms with E-state index in [9.17, 15) is 14.7 Å². The summed E-state index contributed by atoms with van der Waals surface area (Å²) < 4.78 is 0. The molecule has 1 aliphatic rings. The standard InChI is InChI=1S/C14H20N4O3/c1-17-5-7-18(8-6-17)12(14(20)21)9-13(19)16-11-3-2-4-15-10-11/h2-4,10,12H,5-9H2,1H3,(H,16,19)(H,20,21)/t12-/m1/s1. The van der Waals surface area contributed by atoms with Crippen LogP contribution in [0.3, 0.4) is 0 Å². The molecule has 1 amide bonds. The number of aliphatic carboxylic acids is 1. The van der Waals surface area contributed by atoms with E-state index < -0.39 is 12.0 Å². The van der Waals surface area contributed by atoms with Crippen LogP contribution in [0.1, 0.15) is 6.42 Å². The van der Waals surface area contributed by atoms with Crippen molar-refractivity contribution in [3.63, 3.8) is 0 Å². The van der Waals surface area contributed by atoms with E-state index in [2.05, 4.69) is 15.2 Å². The Morgan fingerprint density at radius 1 is 1.38 bits per heavy atom. The molecule has 1 saturated heterocycles. The highest BCUT2D eigenvalue weighted by atomic mass is 16.4. The molecule has 21 heavy (non-hydrogen) atoms. The Labute approximate surface area is 123 Å². The SMILES string of the molecule is CN1CCN([C@H](CC(=O)Nc2cccnc2)C(=O)O)CC1. The molecule has 0 unspecified atom stereocenters. The Morgan fingerprint density at radius 3 is 2.67 bits per heavy atom. The third kappa shape index (κ3) is 4.51. The minimum absolute atomic E-state index is 0.0616. The minimum atomic E-state index is -0.958.